The van der Waals surface area contributed by atoms with Gasteiger partial charge in [-0.3, -0.25) is 14.7 Å². The lowest BCUT2D eigenvalue weighted by Gasteiger charge is -2.33. The topological polar surface area (TPSA) is 60.0 Å². The molecule has 1 unspecified atom stereocenters. The Morgan fingerprint density at radius 2 is 2.10 bits per heavy atom. The van der Waals surface area contributed by atoms with Crippen molar-refractivity contribution in [2.75, 3.05) is 46.8 Å². The van der Waals surface area contributed by atoms with E-state index >= 15 is 0 Å². The van der Waals surface area contributed by atoms with Crippen molar-refractivity contribution in [2.45, 2.75) is 52.0 Å². The Labute approximate surface area is 186 Å². The maximum Gasteiger partial charge on any atom is 0.230 e. The second-order valence-electron chi connectivity index (χ2n) is 9.09. The maximum absolute atomic E-state index is 12.8. The minimum atomic E-state index is -0.311. The van der Waals surface area contributed by atoms with Crippen molar-refractivity contribution in [2.24, 2.45) is 16.3 Å². The van der Waals surface area contributed by atoms with Crippen molar-refractivity contribution in [1.82, 2.24) is 20.4 Å². The summed E-state index contributed by atoms with van der Waals surface area (Å²) in [5, 5.41) is 9.11. The Kier molecular flexibility index (Phi) is 8.57. The fraction of sp³-hybridized carbons (Fsp3) is 0.739. The zero-order chi connectivity index (χ0) is 21.4. The summed E-state index contributed by atoms with van der Waals surface area (Å²) in [5.41, 5.74) is -0.311. The minimum Gasteiger partial charge on any atom is -0.357 e. The van der Waals surface area contributed by atoms with Crippen LogP contribution in [-0.4, -0.2) is 68.5 Å². The lowest BCUT2D eigenvalue weighted by atomic mass is 9.85. The van der Waals surface area contributed by atoms with Crippen LogP contribution in [0.2, 0.25) is 0 Å². The van der Waals surface area contributed by atoms with Gasteiger partial charge in [0, 0.05) is 45.2 Å². The summed E-state index contributed by atoms with van der Waals surface area (Å²) in [7, 11) is 3.72. The fourth-order valence-corrected chi connectivity index (χ4v) is 5.61. The van der Waals surface area contributed by atoms with E-state index in [1.54, 1.807) is 4.90 Å². The van der Waals surface area contributed by atoms with Crippen LogP contribution >= 0.6 is 11.3 Å². The number of amides is 1. The minimum absolute atomic E-state index is 0.232. The van der Waals surface area contributed by atoms with Gasteiger partial charge in [-0.25, -0.2) is 0 Å². The number of guanidine groups is 1. The van der Waals surface area contributed by atoms with E-state index in [2.05, 4.69) is 40.0 Å². The van der Waals surface area contributed by atoms with Crippen LogP contribution in [-0.2, 0) is 11.3 Å². The zero-order valence-electron chi connectivity index (χ0n) is 19.0. The Morgan fingerprint density at radius 1 is 1.30 bits per heavy atom. The number of thiophene rings is 1. The summed E-state index contributed by atoms with van der Waals surface area (Å²) >= 11 is 1.85. The van der Waals surface area contributed by atoms with E-state index in [1.807, 2.05) is 25.4 Å². The van der Waals surface area contributed by atoms with E-state index in [0.717, 1.165) is 57.8 Å². The van der Waals surface area contributed by atoms with Gasteiger partial charge in [0.2, 0.25) is 5.91 Å². The fourth-order valence-electron chi connectivity index (χ4n) is 4.86. The summed E-state index contributed by atoms with van der Waals surface area (Å²) in [5.74, 6) is 1.72. The number of likely N-dealkylation sites (tertiary alicyclic amines) is 1. The number of nitrogens with one attached hydrogen (secondary N) is 2. The smallest absolute Gasteiger partial charge is 0.230 e. The van der Waals surface area contributed by atoms with E-state index in [4.69, 9.17) is 4.99 Å². The molecule has 6 nitrogen and oxygen atoms in total. The SMILES string of the molecule is CCNC(=NCC1(C(=O)N(C)C)CCCC1)NCC1CCCN(Cc2cccs2)C1. The lowest BCUT2D eigenvalue weighted by Crippen LogP contribution is -2.45. The van der Waals surface area contributed by atoms with Gasteiger partial charge in [0.25, 0.3) is 0 Å². The van der Waals surface area contributed by atoms with Crippen molar-refractivity contribution in [1.29, 1.82) is 0 Å². The van der Waals surface area contributed by atoms with Crippen LogP contribution in [0, 0.1) is 11.3 Å². The number of hydrogen-bond donors (Lipinski definition) is 2. The van der Waals surface area contributed by atoms with Gasteiger partial charge in [-0.15, -0.1) is 11.3 Å². The molecule has 1 atom stereocenters. The number of aliphatic imine (C=N–C) groups is 1. The Balaban J connectivity index is 1.55. The van der Waals surface area contributed by atoms with Crippen LogP contribution in [0.3, 0.4) is 0 Å². The number of nitrogens with zero attached hydrogens (tertiary/aromatic N) is 3. The molecule has 2 heterocycles. The van der Waals surface area contributed by atoms with Gasteiger partial charge < -0.3 is 15.5 Å². The molecule has 2 N–H and O–H groups in total. The van der Waals surface area contributed by atoms with Gasteiger partial charge in [0.05, 0.1) is 12.0 Å². The molecule has 30 heavy (non-hydrogen) atoms. The molecule has 0 aromatic carbocycles. The number of rotatable bonds is 8. The number of hydrogen-bond acceptors (Lipinski definition) is 4. The highest BCUT2D eigenvalue weighted by atomic mass is 32.1. The number of carbonyl (C=O) groups is 1. The average molecular weight is 434 g/mol. The molecule has 1 aliphatic carbocycles. The maximum atomic E-state index is 12.8. The molecule has 0 bridgehead atoms. The number of carbonyl (C=O) groups excluding carboxylic acids is 1. The zero-order valence-corrected chi connectivity index (χ0v) is 19.8. The van der Waals surface area contributed by atoms with Crippen LogP contribution in [0.25, 0.3) is 0 Å². The molecule has 2 aliphatic rings. The Morgan fingerprint density at radius 3 is 2.77 bits per heavy atom. The molecule has 1 aliphatic heterocycles. The largest absolute Gasteiger partial charge is 0.357 e. The van der Waals surface area contributed by atoms with Gasteiger partial charge in [0.15, 0.2) is 5.96 Å². The molecule has 0 radical (unpaired) electrons. The van der Waals surface area contributed by atoms with Crippen LogP contribution in [0.1, 0.15) is 50.3 Å². The van der Waals surface area contributed by atoms with Gasteiger partial charge in [-0.1, -0.05) is 18.9 Å². The van der Waals surface area contributed by atoms with E-state index in [0.29, 0.717) is 12.5 Å². The monoisotopic (exact) mass is 433 g/mol. The van der Waals surface area contributed by atoms with Crippen molar-refractivity contribution < 1.29 is 4.79 Å². The third-order valence-corrected chi connectivity index (χ3v) is 7.29. The molecule has 168 valence electrons. The normalized spacial score (nSPS) is 22.1. The first-order valence-corrected chi connectivity index (χ1v) is 12.4. The van der Waals surface area contributed by atoms with E-state index in [9.17, 15) is 4.79 Å². The van der Waals surface area contributed by atoms with E-state index in [1.165, 1.54) is 24.3 Å². The van der Waals surface area contributed by atoms with Gasteiger partial charge >= 0.3 is 0 Å². The first-order chi connectivity index (χ1) is 14.5. The first kappa shape index (κ1) is 23.1. The highest BCUT2D eigenvalue weighted by molar-refractivity contribution is 7.09. The molecule has 1 saturated carbocycles. The molecule has 1 aromatic rings. The lowest BCUT2D eigenvalue weighted by molar-refractivity contribution is -0.138. The summed E-state index contributed by atoms with van der Waals surface area (Å²) in [6.07, 6.45) is 6.67. The van der Waals surface area contributed by atoms with Gasteiger partial charge in [-0.05, 0) is 56.5 Å². The number of piperidine rings is 1. The van der Waals surface area contributed by atoms with E-state index < -0.39 is 0 Å². The van der Waals surface area contributed by atoms with Crippen molar-refractivity contribution in [3.05, 3.63) is 22.4 Å². The second kappa shape index (κ2) is 11.1. The standard InChI is InChI=1S/C23H39N5OS/c1-4-24-22(26-18-23(11-5-6-12-23)21(29)27(2)3)25-15-19-9-7-13-28(16-19)17-20-10-8-14-30-20/h8,10,14,19H,4-7,9,11-13,15-18H2,1-3H3,(H2,24,25,26). The van der Waals surface area contributed by atoms with Crippen molar-refractivity contribution in [3.63, 3.8) is 0 Å². The first-order valence-electron chi connectivity index (χ1n) is 11.5. The Hall–Kier alpha value is -1.60. The molecule has 0 spiro atoms. The molecule has 2 fully saturated rings. The second-order valence-corrected chi connectivity index (χ2v) is 10.1. The van der Waals surface area contributed by atoms with Crippen LogP contribution in [0.15, 0.2) is 22.5 Å². The summed E-state index contributed by atoms with van der Waals surface area (Å²) in [6, 6.07) is 4.37. The summed E-state index contributed by atoms with van der Waals surface area (Å²) in [4.78, 5) is 23.5. The predicted molar refractivity (Wildman–Crippen MR) is 126 cm³/mol. The highest BCUT2D eigenvalue weighted by Crippen LogP contribution is 2.39. The molecule has 7 heteroatoms. The molecule has 1 aromatic heterocycles. The van der Waals surface area contributed by atoms with Gasteiger partial charge in [0.1, 0.15) is 0 Å². The molecular formula is C23H39N5OS. The van der Waals surface area contributed by atoms with Gasteiger partial charge in [-0.2, -0.15) is 0 Å². The van der Waals surface area contributed by atoms with Crippen LogP contribution < -0.4 is 10.6 Å². The summed E-state index contributed by atoms with van der Waals surface area (Å²) in [6.45, 7) is 7.82. The van der Waals surface area contributed by atoms with Crippen LogP contribution in [0.4, 0.5) is 0 Å². The summed E-state index contributed by atoms with van der Waals surface area (Å²) < 4.78 is 0. The third-order valence-electron chi connectivity index (χ3n) is 6.43. The van der Waals surface area contributed by atoms with Crippen molar-refractivity contribution in [3.8, 4) is 0 Å². The Bertz CT molecular complexity index is 682. The highest BCUT2D eigenvalue weighted by Gasteiger charge is 2.42. The van der Waals surface area contributed by atoms with Crippen molar-refractivity contribution >= 4 is 23.2 Å². The molecule has 1 amide bonds. The average Bonchev–Trinajstić information content (AvgIpc) is 3.42. The third kappa shape index (κ3) is 6.20. The molecular weight excluding hydrogens is 394 g/mol. The molecule has 3 rings (SSSR count). The van der Waals surface area contributed by atoms with Crippen LogP contribution in [0.5, 0.6) is 0 Å². The molecule has 1 saturated heterocycles. The predicted octanol–water partition coefficient (Wildman–Crippen LogP) is 3.16. The quantitative estimate of drug-likeness (QED) is 0.488. The van der Waals surface area contributed by atoms with E-state index in [-0.39, 0.29) is 11.3 Å².